The third kappa shape index (κ3) is 2.90. The maximum absolute atomic E-state index is 4.52. The second kappa shape index (κ2) is 5.88. The highest BCUT2D eigenvalue weighted by molar-refractivity contribution is 7.10. The Morgan fingerprint density at radius 3 is 2.58 bits per heavy atom. The van der Waals surface area contributed by atoms with Crippen LogP contribution in [0.2, 0.25) is 0 Å². The van der Waals surface area contributed by atoms with E-state index in [9.17, 15) is 0 Å². The zero-order valence-corrected chi connectivity index (χ0v) is 13.3. The van der Waals surface area contributed by atoms with Crippen LogP contribution in [-0.4, -0.2) is 16.3 Å². The van der Waals surface area contributed by atoms with E-state index < -0.39 is 0 Å². The van der Waals surface area contributed by atoms with Crippen molar-refractivity contribution in [1.82, 2.24) is 15.1 Å². The van der Waals surface area contributed by atoms with Crippen molar-refractivity contribution in [2.24, 2.45) is 7.05 Å². The Kier molecular flexibility index (Phi) is 4.42. The largest absolute Gasteiger partial charge is 0.310 e. The lowest BCUT2D eigenvalue weighted by Crippen LogP contribution is -2.23. The van der Waals surface area contributed by atoms with E-state index in [1.807, 2.05) is 23.1 Å². The Morgan fingerprint density at radius 2 is 2.11 bits per heavy atom. The van der Waals surface area contributed by atoms with Gasteiger partial charge in [-0.2, -0.15) is 5.10 Å². The van der Waals surface area contributed by atoms with Crippen molar-refractivity contribution in [2.45, 2.75) is 40.2 Å². The molecule has 3 nitrogen and oxygen atoms in total. The fraction of sp³-hybridized carbons (Fsp3) is 0.533. The maximum atomic E-state index is 4.52. The number of hydrogen-bond acceptors (Lipinski definition) is 3. The summed E-state index contributed by atoms with van der Waals surface area (Å²) in [6.07, 6.45) is 1.01. The van der Waals surface area contributed by atoms with E-state index in [0.29, 0.717) is 6.04 Å². The predicted molar refractivity (Wildman–Crippen MR) is 81.9 cm³/mol. The summed E-state index contributed by atoms with van der Waals surface area (Å²) in [7, 11) is 2.02. The second-order valence-corrected chi connectivity index (χ2v) is 6.14. The van der Waals surface area contributed by atoms with Crippen molar-refractivity contribution < 1.29 is 0 Å². The van der Waals surface area contributed by atoms with E-state index in [2.05, 4.69) is 49.6 Å². The molecule has 0 spiro atoms. The Morgan fingerprint density at radius 1 is 1.37 bits per heavy atom. The molecule has 0 aliphatic carbocycles. The van der Waals surface area contributed by atoms with Crippen LogP contribution in [0.25, 0.3) is 0 Å². The lowest BCUT2D eigenvalue weighted by atomic mass is 9.98. The molecule has 0 amide bonds. The number of rotatable bonds is 5. The molecule has 0 saturated heterocycles. The zero-order valence-electron chi connectivity index (χ0n) is 12.4. The number of aromatic nitrogens is 2. The van der Waals surface area contributed by atoms with E-state index in [1.165, 1.54) is 21.7 Å². The molecule has 2 aromatic rings. The third-order valence-corrected chi connectivity index (χ3v) is 4.65. The molecule has 0 radical (unpaired) electrons. The van der Waals surface area contributed by atoms with E-state index in [4.69, 9.17) is 0 Å². The number of thiophene rings is 1. The zero-order chi connectivity index (χ0) is 14.0. The van der Waals surface area contributed by atoms with Gasteiger partial charge in [0.15, 0.2) is 0 Å². The first kappa shape index (κ1) is 14.3. The molecule has 0 aromatic carbocycles. The summed E-state index contributed by atoms with van der Waals surface area (Å²) in [4.78, 5) is 1.41. The molecule has 2 heterocycles. The molecule has 0 aliphatic rings. The topological polar surface area (TPSA) is 29.9 Å². The van der Waals surface area contributed by atoms with Crippen LogP contribution in [0.1, 0.15) is 40.4 Å². The summed E-state index contributed by atoms with van der Waals surface area (Å²) in [5.74, 6) is 0. The van der Waals surface area contributed by atoms with Gasteiger partial charge in [-0.1, -0.05) is 6.92 Å². The van der Waals surface area contributed by atoms with Crippen LogP contribution in [0.5, 0.6) is 0 Å². The minimum Gasteiger partial charge on any atom is -0.310 e. The summed E-state index contributed by atoms with van der Waals surface area (Å²) in [6.45, 7) is 9.61. The molecule has 1 unspecified atom stereocenters. The van der Waals surface area contributed by atoms with Crippen molar-refractivity contribution in [1.29, 1.82) is 0 Å². The number of likely N-dealkylation sites (N-methyl/N-ethyl adjacent to an activating group) is 1. The summed E-state index contributed by atoms with van der Waals surface area (Å²) in [5.41, 5.74) is 5.22. The summed E-state index contributed by atoms with van der Waals surface area (Å²) in [6, 6.07) is 2.63. The third-order valence-electron chi connectivity index (χ3n) is 3.79. The average Bonchev–Trinajstić information content (AvgIpc) is 2.88. The smallest absolute Gasteiger partial charge is 0.0629 e. The molecule has 2 aromatic heterocycles. The van der Waals surface area contributed by atoms with Crippen LogP contribution >= 0.6 is 11.3 Å². The van der Waals surface area contributed by atoms with E-state index in [0.717, 1.165) is 18.7 Å². The van der Waals surface area contributed by atoms with Gasteiger partial charge in [0.25, 0.3) is 0 Å². The lowest BCUT2D eigenvalue weighted by molar-refractivity contribution is 0.547. The lowest BCUT2D eigenvalue weighted by Gasteiger charge is -2.18. The Bertz CT molecular complexity index is 554. The molecular formula is C15H23N3S. The molecule has 4 heteroatoms. The molecule has 1 atom stereocenters. The number of nitrogens with one attached hydrogen (secondary N) is 1. The van der Waals surface area contributed by atoms with Crippen molar-refractivity contribution >= 4 is 11.3 Å². The average molecular weight is 277 g/mol. The normalized spacial score (nSPS) is 12.9. The van der Waals surface area contributed by atoms with Gasteiger partial charge in [-0.15, -0.1) is 11.3 Å². The molecule has 104 valence electrons. The van der Waals surface area contributed by atoms with Crippen LogP contribution in [0.4, 0.5) is 0 Å². The molecule has 0 fully saturated rings. The molecule has 2 rings (SSSR count). The quantitative estimate of drug-likeness (QED) is 0.909. The molecule has 19 heavy (non-hydrogen) atoms. The molecule has 1 N–H and O–H groups in total. The van der Waals surface area contributed by atoms with Gasteiger partial charge < -0.3 is 5.32 Å². The van der Waals surface area contributed by atoms with Crippen LogP contribution < -0.4 is 5.32 Å². The van der Waals surface area contributed by atoms with Gasteiger partial charge >= 0.3 is 0 Å². The number of hydrogen-bond donors (Lipinski definition) is 1. The first-order valence-corrected chi connectivity index (χ1v) is 7.69. The monoisotopic (exact) mass is 277 g/mol. The van der Waals surface area contributed by atoms with Gasteiger partial charge in [-0.05, 0) is 56.3 Å². The van der Waals surface area contributed by atoms with Gasteiger partial charge in [0.2, 0.25) is 0 Å². The highest BCUT2D eigenvalue weighted by Crippen LogP contribution is 2.27. The number of nitrogens with zero attached hydrogens (tertiary/aromatic N) is 2. The van der Waals surface area contributed by atoms with Crippen molar-refractivity contribution in [2.75, 3.05) is 6.54 Å². The van der Waals surface area contributed by atoms with Crippen molar-refractivity contribution in [3.05, 3.63) is 38.8 Å². The first-order chi connectivity index (χ1) is 9.04. The highest BCUT2D eigenvalue weighted by atomic mass is 32.1. The Hall–Kier alpha value is -1.13. The van der Waals surface area contributed by atoms with E-state index in [-0.39, 0.29) is 0 Å². The predicted octanol–water partition coefficient (Wildman–Crippen LogP) is 3.30. The van der Waals surface area contributed by atoms with Crippen LogP contribution in [-0.2, 0) is 13.5 Å². The van der Waals surface area contributed by atoms with Gasteiger partial charge in [-0.25, -0.2) is 0 Å². The minimum absolute atomic E-state index is 0.387. The minimum atomic E-state index is 0.387. The second-order valence-electron chi connectivity index (χ2n) is 5.02. The molecule has 0 saturated carbocycles. The Labute approximate surface area is 119 Å². The fourth-order valence-electron chi connectivity index (χ4n) is 2.61. The molecular weight excluding hydrogens is 254 g/mol. The van der Waals surface area contributed by atoms with Crippen LogP contribution in [0.3, 0.4) is 0 Å². The van der Waals surface area contributed by atoms with Crippen LogP contribution in [0.15, 0.2) is 11.4 Å². The number of aryl methyl sites for hydroxylation is 3. The van der Waals surface area contributed by atoms with Gasteiger partial charge in [0.1, 0.15) is 0 Å². The van der Waals surface area contributed by atoms with Gasteiger partial charge in [-0.3, -0.25) is 4.68 Å². The highest BCUT2D eigenvalue weighted by Gasteiger charge is 2.18. The maximum Gasteiger partial charge on any atom is 0.0629 e. The molecule has 0 aliphatic heterocycles. The molecule has 0 bridgehead atoms. The Balaban J connectivity index is 2.29. The van der Waals surface area contributed by atoms with Gasteiger partial charge in [0, 0.05) is 23.7 Å². The van der Waals surface area contributed by atoms with Crippen molar-refractivity contribution in [3.63, 3.8) is 0 Å². The van der Waals surface area contributed by atoms with Crippen molar-refractivity contribution in [3.8, 4) is 0 Å². The van der Waals surface area contributed by atoms with Crippen LogP contribution in [0, 0.1) is 20.8 Å². The SMILES string of the molecule is CCNC(Cc1c(C)nn(C)c1C)c1ccsc1C. The van der Waals surface area contributed by atoms with E-state index in [1.54, 1.807) is 0 Å². The first-order valence-electron chi connectivity index (χ1n) is 6.81. The summed E-state index contributed by atoms with van der Waals surface area (Å²) >= 11 is 1.82. The fourth-order valence-corrected chi connectivity index (χ4v) is 3.38. The van der Waals surface area contributed by atoms with E-state index >= 15 is 0 Å². The summed E-state index contributed by atoms with van der Waals surface area (Å²) in [5, 5.41) is 10.3. The summed E-state index contributed by atoms with van der Waals surface area (Å²) < 4.78 is 1.98. The standard InChI is InChI=1S/C15H23N3S/c1-6-16-15(13-7-8-19-12(13)4)9-14-10(2)17-18(5)11(14)3/h7-8,15-16H,6,9H2,1-5H3. The van der Waals surface area contributed by atoms with Gasteiger partial charge in [0.05, 0.1) is 5.69 Å².